The normalized spacial score (nSPS) is 16.0. The second kappa shape index (κ2) is 8.68. The van der Waals surface area contributed by atoms with Crippen molar-refractivity contribution >= 4 is 17.6 Å². The molecule has 6 heteroatoms. The van der Waals surface area contributed by atoms with Crippen molar-refractivity contribution in [3.05, 3.63) is 59.2 Å². The lowest BCUT2D eigenvalue weighted by atomic mass is 10.1. The summed E-state index contributed by atoms with van der Waals surface area (Å²) >= 11 is 0. The summed E-state index contributed by atoms with van der Waals surface area (Å²) in [6.07, 6.45) is 2.24. The van der Waals surface area contributed by atoms with Crippen molar-refractivity contribution in [2.45, 2.75) is 25.9 Å². The van der Waals surface area contributed by atoms with Crippen molar-refractivity contribution in [1.29, 1.82) is 0 Å². The number of anilines is 1. The van der Waals surface area contributed by atoms with E-state index in [0.29, 0.717) is 34.7 Å². The highest BCUT2D eigenvalue weighted by Gasteiger charge is 2.17. The first-order valence-corrected chi connectivity index (χ1v) is 8.92. The number of methoxy groups -OCH3 is 1. The molecule has 1 aliphatic rings. The molecular weight excluding hydrogens is 346 g/mol. The van der Waals surface area contributed by atoms with Crippen LogP contribution in [0.1, 0.15) is 39.1 Å². The molecule has 2 aromatic rings. The summed E-state index contributed by atoms with van der Waals surface area (Å²) in [5.74, 6) is 0.00746. The number of amides is 1. The molecule has 0 unspecified atom stereocenters. The largest absolute Gasteiger partial charge is 0.491 e. The molecule has 142 valence electrons. The summed E-state index contributed by atoms with van der Waals surface area (Å²) in [6.45, 7) is 3.08. The van der Waals surface area contributed by atoms with E-state index in [9.17, 15) is 9.59 Å². The van der Waals surface area contributed by atoms with E-state index in [4.69, 9.17) is 14.2 Å². The van der Waals surface area contributed by atoms with Crippen molar-refractivity contribution in [3.8, 4) is 5.75 Å². The Labute approximate surface area is 158 Å². The van der Waals surface area contributed by atoms with Crippen LogP contribution in [0.15, 0.2) is 42.5 Å². The molecule has 1 N–H and O–H groups in total. The molecule has 0 spiro atoms. The first kappa shape index (κ1) is 18.9. The van der Waals surface area contributed by atoms with Gasteiger partial charge in [-0.1, -0.05) is 6.07 Å². The van der Waals surface area contributed by atoms with E-state index in [-0.39, 0.29) is 12.0 Å². The molecule has 0 radical (unpaired) electrons. The third kappa shape index (κ3) is 4.65. The maximum absolute atomic E-state index is 12.5. The van der Waals surface area contributed by atoms with E-state index in [1.807, 2.05) is 0 Å². The molecule has 0 aliphatic carbocycles. The van der Waals surface area contributed by atoms with Crippen LogP contribution in [-0.2, 0) is 9.47 Å². The van der Waals surface area contributed by atoms with Gasteiger partial charge in [0.05, 0.1) is 18.8 Å². The van der Waals surface area contributed by atoms with Crippen LogP contribution >= 0.6 is 0 Å². The molecule has 1 aliphatic heterocycles. The molecule has 1 atom stereocenters. The summed E-state index contributed by atoms with van der Waals surface area (Å²) in [5.41, 5.74) is 2.16. The Kier molecular flexibility index (Phi) is 6.08. The Hall–Kier alpha value is -2.86. The lowest BCUT2D eigenvalue weighted by Gasteiger charge is -2.13. The highest BCUT2D eigenvalue weighted by atomic mass is 16.5. The molecule has 27 heavy (non-hydrogen) atoms. The zero-order valence-electron chi connectivity index (χ0n) is 15.5. The van der Waals surface area contributed by atoms with Crippen LogP contribution < -0.4 is 10.1 Å². The third-order valence-electron chi connectivity index (χ3n) is 4.56. The molecule has 1 saturated heterocycles. The Morgan fingerprint density at radius 3 is 2.63 bits per heavy atom. The van der Waals surface area contributed by atoms with E-state index < -0.39 is 5.97 Å². The SMILES string of the molecule is COC(=O)c1cccc(NC(=O)c2ccc(OC[C@H]3CCCO3)cc2)c1C. The lowest BCUT2D eigenvalue weighted by Crippen LogP contribution is -2.16. The summed E-state index contributed by atoms with van der Waals surface area (Å²) in [4.78, 5) is 24.3. The second-order valence-corrected chi connectivity index (χ2v) is 6.39. The van der Waals surface area contributed by atoms with E-state index in [0.717, 1.165) is 19.4 Å². The van der Waals surface area contributed by atoms with Gasteiger partial charge >= 0.3 is 5.97 Å². The first-order chi connectivity index (χ1) is 13.1. The number of carbonyl (C=O) groups excluding carboxylic acids is 2. The highest BCUT2D eigenvalue weighted by Crippen LogP contribution is 2.21. The molecule has 3 rings (SSSR count). The average molecular weight is 369 g/mol. The van der Waals surface area contributed by atoms with Gasteiger partial charge in [-0.15, -0.1) is 0 Å². The Morgan fingerprint density at radius 1 is 1.19 bits per heavy atom. The van der Waals surface area contributed by atoms with Gasteiger partial charge in [-0.2, -0.15) is 0 Å². The maximum Gasteiger partial charge on any atom is 0.338 e. The van der Waals surface area contributed by atoms with Crippen LogP contribution in [0.2, 0.25) is 0 Å². The van der Waals surface area contributed by atoms with Crippen LogP contribution in [0.25, 0.3) is 0 Å². The van der Waals surface area contributed by atoms with Gasteiger partial charge in [0, 0.05) is 17.9 Å². The zero-order chi connectivity index (χ0) is 19.2. The summed E-state index contributed by atoms with van der Waals surface area (Å²) in [6, 6.07) is 12.1. The Bertz CT molecular complexity index is 810. The monoisotopic (exact) mass is 369 g/mol. The van der Waals surface area contributed by atoms with Gasteiger partial charge in [-0.25, -0.2) is 4.79 Å². The van der Waals surface area contributed by atoms with Gasteiger partial charge in [0.1, 0.15) is 12.4 Å². The van der Waals surface area contributed by atoms with Crippen molar-refractivity contribution in [2.75, 3.05) is 25.6 Å². The Morgan fingerprint density at radius 2 is 1.96 bits per heavy atom. The number of hydrogen-bond donors (Lipinski definition) is 1. The van der Waals surface area contributed by atoms with Gasteiger partial charge in [0.25, 0.3) is 5.91 Å². The number of esters is 1. The number of carbonyl (C=O) groups is 2. The van der Waals surface area contributed by atoms with Gasteiger partial charge in [-0.05, 0) is 61.7 Å². The number of hydrogen-bond acceptors (Lipinski definition) is 5. The number of rotatable bonds is 6. The van der Waals surface area contributed by atoms with Crippen LogP contribution in [0.5, 0.6) is 5.75 Å². The predicted octanol–water partition coefficient (Wildman–Crippen LogP) is 3.59. The first-order valence-electron chi connectivity index (χ1n) is 8.92. The van der Waals surface area contributed by atoms with Crippen LogP contribution in [0.4, 0.5) is 5.69 Å². The minimum atomic E-state index is -0.434. The van der Waals surface area contributed by atoms with Crippen LogP contribution in [-0.4, -0.2) is 38.3 Å². The molecule has 2 aromatic carbocycles. The molecule has 1 amide bonds. The van der Waals surface area contributed by atoms with Crippen molar-refractivity contribution in [3.63, 3.8) is 0 Å². The van der Waals surface area contributed by atoms with Crippen molar-refractivity contribution < 1.29 is 23.8 Å². The van der Waals surface area contributed by atoms with Gasteiger partial charge in [-0.3, -0.25) is 4.79 Å². The van der Waals surface area contributed by atoms with E-state index in [1.165, 1.54) is 7.11 Å². The number of benzene rings is 2. The summed E-state index contributed by atoms with van der Waals surface area (Å²) in [7, 11) is 1.33. The second-order valence-electron chi connectivity index (χ2n) is 6.39. The molecule has 0 aromatic heterocycles. The molecule has 1 heterocycles. The van der Waals surface area contributed by atoms with E-state index in [2.05, 4.69) is 5.32 Å². The summed E-state index contributed by atoms with van der Waals surface area (Å²) in [5, 5.41) is 2.83. The fraction of sp³-hybridized carbons (Fsp3) is 0.333. The molecule has 1 fully saturated rings. The van der Waals surface area contributed by atoms with Crippen molar-refractivity contribution in [2.24, 2.45) is 0 Å². The van der Waals surface area contributed by atoms with Crippen LogP contribution in [0, 0.1) is 6.92 Å². The lowest BCUT2D eigenvalue weighted by molar-refractivity contribution is 0.0599. The van der Waals surface area contributed by atoms with Crippen molar-refractivity contribution in [1.82, 2.24) is 0 Å². The fourth-order valence-electron chi connectivity index (χ4n) is 2.96. The number of ether oxygens (including phenoxy) is 3. The quantitative estimate of drug-likeness (QED) is 0.788. The molecular formula is C21H23NO5. The third-order valence-corrected chi connectivity index (χ3v) is 4.56. The van der Waals surface area contributed by atoms with Gasteiger partial charge < -0.3 is 19.5 Å². The van der Waals surface area contributed by atoms with E-state index in [1.54, 1.807) is 49.4 Å². The minimum absolute atomic E-state index is 0.151. The molecule has 6 nitrogen and oxygen atoms in total. The zero-order valence-corrected chi connectivity index (χ0v) is 15.5. The number of nitrogens with one attached hydrogen (secondary N) is 1. The predicted molar refractivity (Wildman–Crippen MR) is 101 cm³/mol. The molecule has 0 saturated carbocycles. The average Bonchev–Trinajstić information content (AvgIpc) is 3.21. The topological polar surface area (TPSA) is 73.9 Å². The van der Waals surface area contributed by atoms with Gasteiger partial charge in [0.2, 0.25) is 0 Å². The minimum Gasteiger partial charge on any atom is -0.491 e. The standard InChI is InChI=1S/C21H23NO5/c1-14-18(21(24)25-2)6-3-7-19(14)22-20(23)15-8-10-16(11-9-15)27-13-17-5-4-12-26-17/h3,6-11,17H,4-5,12-13H2,1-2H3,(H,22,23)/t17-/m1/s1. The highest BCUT2D eigenvalue weighted by molar-refractivity contribution is 6.05. The van der Waals surface area contributed by atoms with Crippen LogP contribution in [0.3, 0.4) is 0 Å². The molecule has 0 bridgehead atoms. The summed E-state index contributed by atoms with van der Waals surface area (Å²) < 4.78 is 16.0. The smallest absolute Gasteiger partial charge is 0.338 e. The Balaban J connectivity index is 1.63. The maximum atomic E-state index is 12.5. The fourth-order valence-corrected chi connectivity index (χ4v) is 2.96. The van der Waals surface area contributed by atoms with Gasteiger partial charge in [0.15, 0.2) is 0 Å². The van der Waals surface area contributed by atoms with E-state index >= 15 is 0 Å².